The van der Waals surface area contributed by atoms with Crippen molar-refractivity contribution in [2.75, 3.05) is 13.2 Å². The normalized spacial score (nSPS) is 13.1. The monoisotopic (exact) mass is 393 g/mol. The molecule has 0 aromatic heterocycles. The zero-order chi connectivity index (χ0) is 19.4. The van der Waals surface area contributed by atoms with Crippen molar-refractivity contribution in [3.05, 3.63) is 53.8 Å². The number of nitrogens with one attached hydrogen (secondary N) is 1. The number of ether oxygens (including phenoxy) is 2. The van der Waals surface area contributed by atoms with Crippen molar-refractivity contribution in [1.82, 2.24) is 4.72 Å². The Morgan fingerprint density at radius 2 is 1.70 bits per heavy atom. The van der Waals surface area contributed by atoms with Gasteiger partial charge < -0.3 is 9.47 Å². The van der Waals surface area contributed by atoms with Gasteiger partial charge in [0.25, 0.3) is 10.0 Å². The van der Waals surface area contributed by atoms with E-state index in [1.54, 1.807) is 16.9 Å². The van der Waals surface area contributed by atoms with Crippen LogP contribution in [-0.2, 0) is 14.8 Å². The summed E-state index contributed by atoms with van der Waals surface area (Å²) in [6, 6.07) is 9.37. The minimum atomic E-state index is -4.34. The van der Waals surface area contributed by atoms with Crippen molar-refractivity contribution in [2.24, 2.45) is 0 Å². The molecule has 0 bridgehead atoms. The Bertz CT molecular complexity index is 989. The van der Waals surface area contributed by atoms with Crippen LogP contribution in [0, 0.1) is 5.82 Å². The van der Waals surface area contributed by atoms with E-state index in [1.165, 1.54) is 18.2 Å². The first-order valence-electron chi connectivity index (χ1n) is 8.10. The van der Waals surface area contributed by atoms with Crippen LogP contribution in [0.1, 0.15) is 23.2 Å². The number of hydrogen-bond acceptors (Lipinski definition) is 6. The quantitative estimate of drug-likeness (QED) is 0.755. The Morgan fingerprint density at radius 3 is 2.44 bits per heavy atom. The zero-order valence-corrected chi connectivity index (χ0v) is 14.9. The molecule has 7 nitrogen and oxygen atoms in total. The summed E-state index contributed by atoms with van der Waals surface area (Å²) < 4.78 is 50.2. The van der Waals surface area contributed by atoms with Gasteiger partial charge in [-0.15, -0.1) is 0 Å². The second kappa shape index (κ2) is 7.75. The van der Waals surface area contributed by atoms with Crippen LogP contribution in [0.3, 0.4) is 0 Å². The molecule has 1 aliphatic rings. The molecule has 0 saturated carbocycles. The first-order valence-corrected chi connectivity index (χ1v) is 9.58. The van der Waals surface area contributed by atoms with Crippen molar-refractivity contribution in [1.29, 1.82) is 0 Å². The highest BCUT2D eigenvalue weighted by atomic mass is 32.2. The molecule has 0 saturated heterocycles. The second-order valence-corrected chi connectivity index (χ2v) is 7.39. The summed E-state index contributed by atoms with van der Waals surface area (Å²) in [4.78, 5) is 23.5. The number of hydrogen-bond donors (Lipinski definition) is 1. The van der Waals surface area contributed by atoms with Crippen LogP contribution in [0.2, 0.25) is 0 Å². The van der Waals surface area contributed by atoms with Gasteiger partial charge in [-0.3, -0.25) is 9.59 Å². The number of fused-ring (bicyclic) bond motifs is 1. The number of amides is 1. The minimum Gasteiger partial charge on any atom is -0.486 e. The Labute approximate surface area is 155 Å². The molecule has 3 rings (SSSR count). The molecule has 2 aromatic carbocycles. The van der Waals surface area contributed by atoms with Gasteiger partial charge >= 0.3 is 0 Å². The lowest BCUT2D eigenvalue weighted by Gasteiger charge is -2.18. The van der Waals surface area contributed by atoms with Gasteiger partial charge in [0.15, 0.2) is 17.3 Å². The second-order valence-electron chi connectivity index (χ2n) is 5.74. The SMILES string of the molecule is O=C(CCC(=O)c1ccc2c(c1)OCCO2)NS(=O)(=O)c1ccccc1F. The van der Waals surface area contributed by atoms with Gasteiger partial charge in [0.1, 0.15) is 23.9 Å². The molecule has 0 fully saturated rings. The topological polar surface area (TPSA) is 98.8 Å². The van der Waals surface area contributed by atoms with Crippen LogP contribution in [0.25, 0.3) is 0 Å². The third-order valence-corrected chi connectivity index (χ3v) is 5.22. The van der Waals surface area contributed by atoms with E-state index in [2.05, 4.69) is 0 Å². The van der Waals surface area contributed by atoms with Crippen LogP contribution in [-0.4, -0.2) is 33.3 Å². The highest BCUT2D eigenvalue weighted by Crippen LogP contribution is 2.31. The third kappa shape index (κ3) is 4.43. The summed E-state index contributed by atoms with van der Waals surface area (Å²) in [5.74, 6) is -1.25. The maximum atomic E-state index is 13.6. The van der Waals surface area contributed by atoms with E-state index in [0.29, 0.717) is 30.3 Å². The highest BCUT2D eigenvalue weighted by Gasteiger charge is 2.22. The summed E-state index contributed by atoms with van der Waals surface area (Å²) in [6.45, 7) is 0.803. The fourth-order valence-electron chi connectivity index (χ4n) is 2.51. The lowest BCUT2D eigenvalue weighted by molar-refractivity contribution is -0.119. The van der Waals surface area contributed by atoms with Crippen molar-refractivity contribution in [2.45, 2.75) is 17.7 Å². The standard InChI is InChI=1S/C18H16FNO6S/c19-13-3-1-2-4-17(13)27(23,24)20-18(22)8-6-14(21)12-5-7-15-16(11-12)26-10-9-25-15/h1-5,7,11H,6,8-10H2,(H,20,22). The number of carbonyl (C=O) groups excluding carboxylic acids is 2. The molecule has 142 valence electrons. The van der Waals surface area contributed by atoms with Crippen LogP contribution in [0.5, 0.6) is 11.5 Å². The summed E-state index contributed by atoms with van der Waals surface area (Å²) in [6.07, 6.45) is -0.570. The molecule has 0 atom stereocenters. The van der Waals surface area contributed by atoms with Gasteiger partial charge in [0.05, 0.1) is 0 Å². The Hall–Kier alpha value is -2.94. The number of Topliss-reactive ketones (excluding diaryl/α,β-unsaturated/α-hetero) is 1. The number of sulfonamides is 1. The molecule has 1 amide bonds. The highest BCUT2D eigenvalue weighted by molar-refractivity contribution is 7.90. The van der Waals surface area contributed by atoms with Crippen molar-refractivity contribution < 1.29 is 31.9 Å². The van der Waals surface area contributed by atoms with Gasteiger partial charge in [-0.1, -0.05) is 12.1 Å². The van der Waals surface area contributed by atoms with Crippen molar-refractivity contribution in [3.8, 4) is 11.5 Å². The minimum absolute atomic E-state index is 0.210. The molecular formula is C18H16FNO6S. The predicted molar refractivity (Wildman–Crippen MR) is 92.7 cm³/mol. The average molecular weight is 393 g/mol. The van der Waals surface area contributed by atoms with Crippen LogP contribution >= 0.6 is 0 Å². The molecule has 1 heterocycles. The Morgan fingerprint density at radius 1 is 1.00 bits per heavy atom. The third-order valence-electron chi connectivity index (χ3n) is 3.82. The van der Waals surface area contributed by atoms with Gasteiger partial charge in [0, 0.05) is 18.4 Å². The summed E-state index contributed by atoms with van der Waals surface area (Å²) in [5, 5.41) is 0. The number of halogens is 1. The lowest BCUT2D eigenvalue weighted by Crippen LogP contribution is -2.31. The molecule has 0 aliphatic carbocycles. The Kier molecular flexibility index (Phi) is 5.41. The van der Waals surface area contributed by atoms with E-state index in [9.17, 15) is 22.4 Å². The number of ketones is 1. The predicted octanol–water partition coefficient (Wildman–Crippen LogP) is 2.06. The molecule has 1 N–H and O–H groups in total. The average Bonchev–Trinajstić information content (AvgIpc) is 2.65. The van der Waals surface area contributed by atoms with Gasteiger partial charge in [0.2, 0.25) is 5.91 Å². The first kappa shape index (κ1) is 18.8. The fourth-order valence-corrected chi connectivity index (χ4v) is 3.60. The maximum Gasteiger partial charge on any atom is 0.266 e. The summed E-state index contributed by atoms with van der Waals surface area (Å²) in [7, 11) is -4.34. The van der Waals surface area contributed by atoms with Crippen LogP contribution in [0.15, 0.2) is 47.4 Å². The molecular weight excluding hydrogens is 377 g/mol. The summed E-state index contributed by atoms with van der Waals surface area (Å²) >= 11 is 0. The Balaban J connectivity index is 1.60. The van der Waals surface area contributed by atoms with Gasteiger partial charge in [-0.05, 0) is 30.3 Å². The molecule has 0 unspecified atom stereocenters. The summed E-state index contributed by atoms with van der Waals surface area (Å²) in [5.41, 5.74) is 0.323. The maximum absolute atomic E-state index is 13.6. The van der Waals surface area contributed by atoms with E-state index < -0.39 is 26.6 Å². The fraction of sp³-hybridized carbons (Fsp3) is 0.222. The number of rotatable bonds is 6. The van der Waals surface area contributed by atoms with E-state index in [0.717, 1.165) is 12.1 Å². The van der Waals surface area contributed by atoms with Crippen LogP contribution < -0.4 is 14.2 Å². The van der Waals surface area contributed by atoms with E-state index in [1.807, 2.05) is 0 Å². The van der Waals surface area contributed by atoms with Gasteiger partial charge in [-0.25, -0.2) is 17.5 Å². The molecule has 0 radical (unpaired) electrons. The number of carbonyl (C=O) groups is 2. The lowest BCUT2D eigenvalue weighted by atomic mass is 10.1. The van der Waals surface area contributed by atoms with Crippen LogP contribution in [0.4, 0.5) is 4.39 Å². The van der Waals surface area contributed by atoms with Crippen molar-refractivity contribution in [3.63, 3.8) is 0 Å². The molecule has 9 heteroatoms. The van der Waals surface area contributed by atoms with Gasteiger partial charge in [-0.2, -0.15) is 0 Å². The smallest absolute Gasteiger partial charge is 0.266 e. The van der Waals surface area contributed by atoms with E-state index in [4.69, 9.17) is 9.47 Å². The molecule has 27 heavy (non-hydrogen) atoms. The molecule has 0 spiro atoms. The largest absolute Gasteiger partial charge is 0.486 e. The molecule has 2 aromatic rings. The zero-order valence-electron chi connectivity index (χ0n) is 14.1. The van der Waals surface area contributed by atoms with Crippen molar-refractivity contribution >= 4 is 21.7 Å². The number of benzene rings is 2. The van der Waals surface area contributed by atoms with E-state index >= 15 is 0 Å². The first-order chi connectivity index (χ1) is 12.9. The molecule has 1 aliphatic heterocycles. The van der Waals surface area contributed by atoms with E-state index in [-0.39, 0.29) is 18.6 Å².